The summed E-state index contributed by atoms with van der Waals surface area (Å²) in [5.41, 5.74) is 0. The molecule has 0 unspecified atom stereocenters. The number of thiophene rings is 1. The van der Waals surface area contributed by atoms with E-state index in [1.807, 2.05) is 11.8 Å². The van der Waals surface area contributed by atoms with Crippen LogP contribution in [0, 0.1) is 6.92 Å². The van der Waals surface area contributed by atoms with Gasteiger partial charge in [0.1, 0.15) is 4.21 Å². The molecule has 2 aromatic rings. The number of sulfonamides is 1. The third-order valence-corrected chi connectivity index (χ3v) is 6.76. The molecule has 0 aromatic carbocycles. The van der Waals surface area contributed by atoms with Gasteiger partial charge in [-0.1, -0.05) is 0 Å². The zero-order chi connectivity index (χ0) is 17.9. The molecular formula is C15H19N5O3S2. The van der Waals surface area contributed by atoms with Gasteiger partial charge in [-0.2, -0.15) is 0 Å². The van der Waals surface area contributed by atoms with Gasteiger partial charge >= 0.3 is 0 Å². The SMILES string of the molecule is Cc1ccc(S(=O)(=O)NCC(=O)N2CCN(c3ncccn3)CC2)s1. The molecule has 0 bridgehead atoms. The van der Waals surface area contributed by atoms with Gasteiger partial charge < -0.3 is 9.80 Å². The molecule has 0 radical (unpaired) electrons. The van der Waals surface area contributed by atoms with Gasteiger partial charge in [0, 0.05) is 43.4 Å². The van der Waals surface area contributed by atoms with Crippen LogP contribution in [0.25, 0.3) is 0 Å². The quantitative estimate of drug-likeness (QED) is 0.809. The van der Waals surface area contributed by atoms with E-state index < -0.39 is 10.0 Å². The molecule has 0 aliphatic carbocycles. The Balaban J connectivity index is 1.51. The predicted octanol–water partition coefficient (Wildman–Crippen LogP) is 0.474. The van der Waals surface area contributed by atoms with Crippen molar-refractivity contribution in [3.63, 3.8) is 0 Å². The molecule has 0 atom stereocenters. The normalized spacial score (nSPS) is 15.4. The molecule has 3 heterocycles. The van der Waals surface area contributed by atoms with Crippen molar-refractivity contribution in [3.05, 3.63) is 35.5 Å². The molecule has 1 aliphatic rings. The van der Waals surface area contributed by atoms with E-state index in [-0.39, 0.29) is 16.7 Å². The topological polar surface area (TPSA) is 95.5 Å². The lowest BCUT2D eigenvalue weighted by Crippen LogP contribution is -2.51. The van der Waals surface area contributed by atoms with Crippen molar-refractivity contribution in [2.24, 2.45) is 0 Å². The van der Waals surface area contributed by atoms with E-state index in [0.29, 0.717) is 32.1 Å². The van der Waals surface area contributed by atoms with E-state index >= 15 is 0 Å². The van der Waals surface area contributed by atoms with Crippen molar-refractivity contribution in [3.8, 4) is 0 Å². The number of nitrogens with zero attached hydrogens (tertiary/aromatic N) is 4. The van der Waals surface area contributed by atoms with Crippen LogP contribution in [0.1, 0.15) is 4.88 Å². The molecule has 25 heavy (non-hydrogen) atoms. The van der Waals surface area contributed by atoms with Crippen LogP contribution in [0.15, 0.2) is 34.8 Å². The molecular weight excluding hydrogens is 362 g/mol. The Morgan fingerprint density at radius 2 is 1.88 bits per heavy atom. The number of carbonyl (C=O) groups excluding carboxylic acids is 1. The van der Waals surface area contributed by atoms with Crippen LogP contribution in [0.3, 0.4) is 0 Å². The molecule has 3 rings (SSSR count). The standard InChI is InChI=1S/C15H19N5O3S2/c1-12-3-4-14(24-12)25(22,23)18-11-13(21)19-7-9-20(10-8-19)15-16-5-2-6-17-15/h2-6,18H,7-11H2,1H3. The van der Waals surface area contributed by atoms with Gasteiger partial charge in [0.05, 0.1) is 6.54 Å². The number of piperazine rings is 1. The van der Waals surface area contributed by atoms with Gasteiger partial charge in [-0.05, 0) is 25.1 Å². The average molecular weight is 381 g/mol. The molecule has 1 amide bonds. The van der Waals surface area contributed by atoms with Crippen LogP contribution < -0.4 is 9.62 Å². The first kappa shape index (κ1) is 17.8. The Morgan fingerprint density at radius 1 is 1.20 bits per heavy atom. The van der Waals surface area contributed by atoms with Crippen molar-refractivity contribution in [1.29, 1.82) is 0 Å². The van der Waals surface area contributed by atoms with Crippen molar-refractivity contribution < 1.29 is 13.2 Å². The molecule has 0 saturated carbocycles. The highest BCUT2D eigenvalue weighted by atomic mass is 32.2. The minimum absolute atomic E-state index is 0.226. The van der Waals surface area contributed by atoms with Gasteiger partial charge in [0.25, 0.3) is 10.0 Å². The maximum atomic E-state index is 12.3. The Labute approximate surface area is 150 Å². The smallest absolute Gasteiger partial charge is 0.250 e. The van der Waals surface area contributed by atoms with Gasteiger partial charge in [-0.25, -0.2) is 23.1 Å². The van der Waals surface area contributed by atoms with Crippen LogP contribution in [0.2, 0.25) is 0 Å². The van der Waals surface area contributed by atoms with Crippen molar-refractivity contribution in [2.45, 2.75) is 11.1 Å². The van der Waals surface area contributed by atoms with Crippen LogP contribution in [-0.4, -0.2) is 61.9 Å². The lowest BCUT2D eigenvalue weighted by atomic mass is 10.3. The summed E-state index contributed by atoms with van der Waals surface area (Å²) in [6.45, 7) is 3.86. The lowest BCUT2D eigenvalue weighted by molar-refractivity contribution is -0.130. The Hall–Kier alpha value is -2.04. The third-order valence-electron chi connectivity index (χ3n) is 3.86. The Kier molecular flexibility index (Phi) is 5.30. The largest absolute Gasteiger partial charge is 0.338 e. The van der Waals surface area contributed by atoms with Crippen LogP contribution in [0.4, 0.5) is 5.95 Å². The number of hydrogen-bond acceptors (Lipinski definition) is 7. The summed E-state index contributed by atoms with van der Waals surface area (Å²) in [5.74, 6) is 0.411. The average Bonchev–Trinajstić information content (AvgIpc) is 3.08. The van der Waals surface area contributed by atoms with Crippen LogP contribution in [0.5, 0.6) is 0 Å². The van der Waals surface area contributed by atoms with E-state index in [1.165, 1.54) is 11.3 Å². The fourth-order valence-corrected chi connectivity index (χ4v) is 4.81. The number of hydrogen-bond donors (Lipinski definition) is 1. The van der Waals surface area contributed by atoms with Gasteiger partial charge in [-0.15, -0.1) is 11.3 Å². The highest BCUT2D eigenvalue weighted by Gasteiger charge is 2.24. The second kappa shape index (κ2) is 7.46. The summed E-state index contributed by atoms with van der Waals surface area (Å²) in [4.78, 5) is 25.2. The number of aryl methyl sites for hydroxylation is 1. The second-order valence-corrected chi connectivity index (χ2v) is 8.89. The first-order chi connectivity index (χ1) is 12.0. The second-order valence-electron chi connectivity index (χ2n) is 5.61. The molecule has 0 spiro atoms. The zero-order valence-electron chi connectivity index (χ0n) is 13.8. The molecule has 2 aromatic heterocycles. The highest BCUT2D eigenvalue weighted by Crippen LogP contribution is 2.20. The van der Waals surface area contributed by atoms with Crippen LogP contribution >= 0.6 is 11.3 Å². The summed E-state index contributed by atoms with van der Waals surface area (Å²) in [7, 11) is -3.64. The fraction of sp³-hybridized carbons (Fsp3) is 0.400. The first-order valence-corrected chi connectivity index (χ1v) is 10.1. The first-order valence-electron chi connectivity index (χ1n) is 7.81. The van der Waals surface area contributed by atoms with E-state index in [0.717, 1.165) is 4.88 Å². The summed E-state index contributed by atoms with van der Waals surface area (Å²) < 4.78 is 27.0. The third kappa shape index (κ3) is 4.33. The fourth-order valence-electron chi connectivity index (χ4n) is 2.51. The van der Waals surface area contributed by atoms with Crippen molar-refractivity contribution in [1.82, 2.24) is 19.6 Å². The van der Waals surface area contributed by atoms with E-state index in [1.54, 1.807) is 35.5 Å². The zero-order valence-corrected chi connectivity index (χ0v) is 15.4. The summed E-state index contributed by atoms with van der Waals surface area (Å²) in [6.07, 6.45) is 3.36. The monoisotopic (exact) mass is 381 g/mol. The number of aromatic nitrogens is 2. The van der Waals surface area contributed by atoms with Crippen molar-refractivity contribution in [2.75, 3.05) is 37.6 Å². The predicted molar refractivity (Wildman–Crippen MR) is 95.1 cm³/mol. The lowest BCUT2D eigenvalue weighted by Gasteiger charge is -2.34. The summed E-state index contributed by atoms with van der Waals surface area (Å²) >= 11 is 1.18. The molecule has 8 nitrogen and oxygen atoms in total. The number of anilines is 1. The molecule has 1 aliphatic heterocycles. The summed E-state index contributed by atoms with van der Waals surface area (Å²) in [5, 5.41) is 0. The highest BCUT2D eigenvalue weighted by molar-refractivity contribution is 7.91. The van der Waals surface area contributed by atoms with E-state index in [2.05, 4.69) is 14.7 Å². The van der Waals surface area contributed by atoms with Crippen molar-refractivity contribution >= 4 is 33.2 Å². The molecule has 1 N–H and O–H groups in total. The van der Waals surface area contributed by atoms with Gasteiger partial charge in [0.2, 0.25) is 11.9 Å². The number of rotatable bonds is 5. The number of carbonyl (C=O) groups is 1. The molecule has 1 saturated heterocycles. The minimum atomic E-state index is -3.64. The molecule has 1 fully saturated rings. The minimum Gasteiger partial charge on any atom is -0.338 e. The van der Waals surface area contributed by atoms with Gasteiger partial charge in [0.15, 0.2) is 0 Å². The maximum Gasteiger partial charge on any atom is 0.250 e. The molecule has 10 heteroatoms. The number of nitrogens with one attached hydrogen (secondary N) is 1. The van der Waals surface area contributed by atoms with E-state index in [9.17, 15) is 13.2 Å². The molecule has 134 valence electrons. The summed E-state index contributed by atoms with van der Waals surface area (Å²) in [6, 6.07) is 5.04. The van der Waals surface area contributed by atoms with Crippen LogP contribution in [-0.2, 0) is 14.8 Å². The Bertz CT molecular complexity index is 830. The number of amides is 1. The van der Waals surface area contributed by atoms with Gasteiger partial charge in [-0.3, -0.25) is 4.79 Å². The Morgan fingerprint density at radius 3 is 2.48 bits per heavy atom. The van der Waals surface area contributed by atoms with E-state index in [4.69, 9.17) is 0 Å². The maximum absolute atomic E-state index is 12.3.